The smallest absolute Gasteiger partial charge is 0.369 e. The molecule has 172 valence electrons. The highest BCUT2D eigenvalue weighted by molar-refractivity contribution is 6.30. The summed E-state index contributed by atoms with van der Waals surface area (Å²) in [6.07, 6.45) is -3.42. The molecule has 2 N–H and O–H groups in total. The molecule has 0 bridgehead atoms. The lowest BCUT2D eigenvalue weighted by Gasteiger charge is -2.14. The third kappa shape index (κ3) is 5.55. The van der Waals surface area contributed by atoms with Gasteiger partial charge < -0.3 is 10.6 Å². The lowest BCUT2D eigenvalue weighted by molar-refractivity contribution is -0.137. The SMILES string of the molecule is CN(C)/C=N/c1c(C(N)=O)nnn1Cc1ccc(C(=O)c2ccc(Cl)cc2)c(C(F)(F)F)c1. The molecule has 0 spiro atoms. The molecule has 1 amide bonds. The third-order valence-electron chi connectivity index (χ3n) is 4.43. The zero-order valence-corrected chi connectivity index (χ0v) is 18.2. The van der Waals surface area contributed by atoms with E-state index in [1.165, 1.54) is 36.7 Å². The van der Waals surface area contributed by atoms with E-state index in [0.717, 1.165) is 16.8 Å². The minimum absolute atomic E-state index is 0.00826. The van der Waals surface area contributed by atoms with Crippen molar-refractivity contribution in [2.45, 2.75) is 12.7 Å². The molecule has 0 aliphatic heterocycles. The van der Waals surface area contributed by atoms with Crippen LogP contribution in [-0.4, -0.2) is 52.0 Å². The lowest BCUT2D eigenvalue weighted by Crippen LogP contribution is -2.15. The summed E-state index contributed by atoms with van der Waals surface area (Å²) in [4.78, 5) is 30.0. The molecule has 0 saturated carbocycles. The molecule has 33 heavy (non-hydrogen) atoms. The molecule has 3 rings (SSSR count). The van der Waals surface area contributed by atoms with E-state index in [-0.39, 0.29) is 29.2 Å². The number of hydrogen-bond acceptors (Lipinski definition) is 5. The van der Waals surface area contributed by atoms with E-state index in [4.69, 9.17) is 17.3 Å². The van der Waals surface area contributed by atoms with Gasteiger partial charge in [0.15, 0.2) is 17.3 Å². The quantitative estimate of drug-likeness (QED) is 0.317. The van der Waals surface area contributed by atoms with Crippen LogP contribution in [0.4, 0.5) is 19.0 Å². The molecule has 0 aliphatic rings. The Balaban J connectivity index is 2.02. The first-order valence-electron chi connectivity index (χ1n) is 9.41. The van der Waals surface area contributed by atoms with E-state index >= 15 is 0 Å². The van der Waals surface area contributed by atoms with Gasteiger partial charge in [0, 0.05) is 30.2 Å². The molecule has 8 nitrogen and oxygen atoms in total. The van der Waals surface area contributed by atoms with Gasteiger partial charge in [0.1, 0.15) is 0 Å². The van der Waals surface area contributed by atoms with Crippen molar-refractivity contribution in [2.24, 2.45) is 10.7 Å². The summed E-state index contributed by atoms with van der Waals surface area (Å²) in [5.74, 6) is -1.68. The molecule has 0 unspecified atom stereocenters. The predicted molar refractivity (Wildman–Crippen MR) is 116 cm³/mol. The number of hydrogen-bond donors (Lipinski definition) is 1. The highest BCUT2D eigenvalue weighted by atomic mass is 35.5. The molecular weight excluding hydrogens is 461 g/mol. The average Bonchev–Trinajstić information content (AvgIpc) is 3.14. The summed E-state index contributed by atoms with van der Waals surface area (Å²) in [6, 6.07) is 8.88. The van der Waals surface area contributed by atoms with Crippen molar-refractivity contribution in [3.63, 3.8) is 0 Å². The highest BCUT2D eigenvalue weighted by Gasteiger charge is 2.35. The minimum Gasteiger partial charge on any atom is -0.369 e. The first-order chi connectivity index (χ1) is 15.5. The van der Waals surface area contributed by atoms with Gasteiger partial charge in [0.25, 0.3) is 5.91 Å². The van der Waals surface area contributed by atoms with Crippen LogP contribution < -0.4 is 5.73 Å². The van der Waals surface area contributed by atoms with Crippen LogP contribution in [0.1, 0.15) is 37.5 Å². The Morgan fingerprint density at radius 2 is 1.85 bits per heavy atom. The Morgan fingerprint density at radius 3 is 2.42 bits per heavy atom. The molecule has 3 aromatic rings. The largest absolute Gasteiger partial charge is 0.417 e. The molecule has 0 aliphatic carbocycles. The summed E-state index contributed by atoms with van der Waals surface area (Å²) >= 11 is 5.79. The highest BCUT2D eigenvalue weighted by Crippen LogP contribution is 2.34. The number of nitrogens with zero attached hydrogens (tertiary/aromatic N) is 5. The summed E-state index contributed by atoms with van der Waals surface area (Å²) in [5, 5.41) is 7.82. The van der Waals surface area contributed by atoms with Crippen LogP contribution in [0, 0.1) is 0 Å². The van der Waals surface area contributed by atoms with Crippen molar-refractivity contribution >= 4 is 35.4 Å². The Morgan fingerprint density at radius 1 is 1.18 bits per heavy atom. The van der Waals surface area contributed by atoms with Crippen LogP contribution in [0.25, 0.3) is 0 Å². The summed E-state index contributed by atoms with van der Waals surface area (Å²) < 4.78 is 42.6. The maximum Gasteiger partial charge on any atom is 0.417 e. The fraction of sp³-hybridized carbons (Fsp3) is 0.190. The van der Waals surface area contributed by atoms with E-state index in [0.29, 0.717) is 5.02 Å². The molecule has 0 atom stereocenters. The second kappa shape index (κ2) is 9.41. The van der Waals surface area contributed by atoms with Gasteiger partial charge in [0.2, 0.25) is 0 Å². The van der Waals surface area contributed by atoms with E-state index < -0.39 is 29.0 Å². The second-order valence-electron chi connectivity index (χ2n) is 7.21. The maximum atomic E-state index is 13.8. The molecule has 0 radical (unpaired) electrons. The van der Waals surface area contributed by atoms with Crippen molar-refractivity contribution in [3.8, 4) is 0 Å². The van der Waals surface area contributed by atoms with Crippen LogP contribution >= 0.6 is 11.6 Å². The Kier molecular flexibility index (Phi) is 6.82. The van der Waals surface area contributed by atoms with Gasteiger partial charge in [-0.25, -0.2) is 9.67 Å². The number of benzene rings is 2. The van der Waals surface area contributed by atoms with Gasteiger partial charge in [-0.2, -0.15) is 13.2 Å². The van der Waals surface area contributed by atoms with Gasteiger partial charge in [-0.15, -0.1) is 5.10 Å². The third-order valence-corrected chi connectivity index (χ3v) is 4.68. The summed E-state index contributed by atoms with van der Waals surface area (Å²) in [6.45, 7) is -0.196. The van der Waals surface area contributed by atoms with Crippen molar-refractivity contribution in [1.82, 2.24) is 19.9 Å². The Bertz CT molecular complexity index is 1220. The van der Waals surface area contributed by atoms with Gasteiger partial charge >= 0.3 is 6.18 Å². The van der Waals surface area contributed by atoms with Crippen molar-refractivity contribution in [1.29, 1.82) is 0 Å². The van der Waals surface area contributed by atoms with Crippen LogP contribution in [0.5, 0.6) is 0 Å². The number of alkyl halides is 3. The van der Waals surface area contributed by atoms with Crippen LogP contribution in [-0.2, 0) is 12.7 Å². The number of carbonyl (C=O) groups excluding carboxylic acids is 2. The first-order valence-corrected chi connectivity index (χ1v) is 9.79. The number of amides is 1. The van der Waals surface area contributed by atoms with Gasteiger partial charge in [-0.3, -0.25) is 9.59 Å². The zero-order valence-electron chi connectivity index (χ0n) is 17.5. The number of aromatic nitrogens is 3. The zero-order chi connectivity index (χ0) is 24.3. The van der Waals surface area contributed by atoms with Crippen LogP contribution in [0.15, 0.2) is 47.5 Å². The van der Waals surface area contributed by atoms with Crippen molar-refractivity contribution in [3.05, 3.63) is 75.4 Å². The number of primary amides is 1. The average molecular weight is 479 g/mol. The van der Waals surface area contributed by atoms with Crippen LogP contribution in [0.2, 0.25) is 5.02 Å². The topological polar surface area (TPSA) is 106 Å². The van der Waals surface area contributed by atoms with Crippen LogP contribution in [0.3, 0.4) is 0 Å². The van der Waals surface area contributed by atoms with Gasteiger partial charge in [-0.05, 0) is 35.9 Å². The number of aliphatic imine (C=N–C) groups is 1. The molecule has 0 fully saturated rings. The Labute approximate surface area is 191 Å². The molecular formula is C21H18ClF3N6O2. The molecule has 2 aromatic carbocycles. The van der Waals surface area contributed by atoms with Gasteiger partial charge in [-0.1, -0.05) is 28.9 Å². The van der Waals surface area contributed by atoms with E-state index in [1.807, 2.05) is 0 Å². The fourth-order valence-electron chi connectivity index (χ4n) is 2.92. The number of rotatable bonds is 7. The normalized spacial score (nSPS) is 11.7. The molecule has 0 saturated heterocycles. The second-order valence-corrected chi connectivity index (χ2v) is 7.64. The number of ketones is 1. The first kappa shape index (κ1) is 23.9. The van der Waals surface area contributed by atoms with E-state index in [2.05, 4.69) is 15.3 Å². The number of carbonyl (C=O) groups is 2. The van der Waals surface area contributed by atoms with Crippen molar-refractivity contribution < 1.29 is 22.8 Å². The summed E-state index contributed by atoms with van der Waals surface area (Å²) in [7, 11) is 3.38. The predicted octanol–water partition coefficient (Wildman–Crippen LogP) is 3.55. The molecule has 12 heteroatoms. The minimum atomic E-state index is -4.79. The molecule has 1 heterocycles. The van der Waals surface area contributed by atoms with E-state index in [9.17, 15) is 22.8 Å². The molecule has 1 aromatic heterocycles. The number of nitrogens with two attached hydrogens (primary N) is 1. The summed E-state index contributed by atoms with van der Waals surface area (Å²) in [5.41, 5.74) is 3.69. The van der Waals surface area contributed by atoms with Crippen molar-refractivity contribution in [2.75, 3.05) is 14.1 Å². The van der Waals surface area contributed by atoms with E-state index in [1.54, 1.807) is 19.0 Å². The maximum absolute atomic E-state index is 13.8. The lowest BCUT2D eigenvalue weighted by atomic mass is 9.96. The van der Waals surface area contributed by atoms with Gasteiger partial charge in [0.05, 0.1) is 18.4 Å². The standard InChI is InChI=1S/C21H18ClF3N6O2/c1-30(2)11-27-20-17(19(26)33)28-29-31(20)10-12-3-8-15(16(9-12)21(23,24)25)18(32)13-4-6-14(22)7-5-13/h3-9,11H,10H2,1-2H3,(H2,26,33)/b27-11+. The fourth-order valence-corrected chi connectivity index (χ4v) is 3.05. The monoisotopic (exact) mass is 478 g/mol. The Hall–Kier alpha value is -3.73. The number of halogens is 4.